The second-order valence-corrected chi connectivity index (χ2v) is 4.91. The number of rotatable bonds is 4. The van der Waals surface area contributed by atoms with Gasteiger partial charge in [0.1, 0.15) is 0 Å². The van der Waals surface area contributed by atoms with Crippen molar-refractivity contribution >= 4 is 44.3 Å². The Balaban J connectivity index is 2.21. The molecule has 0 aliphatic rings. The number of benzene rings is 1. The van der Waals surface area contributed by atoms with Crippen LogP contribution in [-0.2, 0) is 26.4 Å². The van der Waals surface area contributed by atoms with Crippen molar-refractivity contribution in [1.29, 1.82) is 0 Å². The zero-order valence-corrected chi connectivity index (χ0v) is 10.0. The summed E-state index contributed by atoms with van der Waals surface area (Å²) in [5.74, 6) is 0.115. The maximum Gasteiger partial charge on any atom is 0.377 e. The van der Waals surface area contributed by atoms with Crippen molar-refractivity contribution in [2.24, 2.45) is 0 Å². The van der Waals surface area contributed by atoms with Crippen LogP contribution in [0.4, 0.5) is 0 Å². The minimum atomic E-state index is -2.64. The topological polar surface area (TPSA) is 85.7 Å². The quantitative estimate of drug-likeness (QED) is 0.852. The molecule has 2 aromatic rings. The van der Waals surface area contributed by atoms with Gasteiger partial charge in [0, 0.05) is 0 Å². The molecule has 0 radical (unpaired) electrons. The average Bonchev–Trinajstić information content (AvgIpc) is 2.61. The smallest absolute Gasteiger partial charge is 0.357 e. The lowest BCUT2D eigenvalue weighted by Gasteiger charge is -1.98. The summed E-state index contributed by atoms with van der Waals surface area (Å²) in [7, 11) is 0. The third-order valence-corrected chi connectivity index (χ3v) is 3.62. The molecule has 1 aromatic carbocycles. The van der Waals surface area contributed by atoms with Gasteiger partial charge in [-0.3, -0.25) is 4.55 Å². The zero-order chi connectivity index (χ0) is 11.5. The molecule has 0 spiro atoms. The van der Waals surface area contributed by atoms with Crippen LogP contribution in [0.3, 0.4) is 0 Å². The van der Waals surface area contributed by atoms with E-state index >= 15 is 0 Å². The van der Waals surface area contributed by atoms with Crippen molar-refractivity contribution in [3.05, 3.63) is 24.3 Å². The van der Waals surface area contributed by atoms with Gasteiger partial charge < -0.3 is 4.18 Å². The molecule has 0 amide bonds. The van der Waals surface area contributed by atoms with E-state index in [-0.39, 0.29) is 5.88 Å². The summed E-state index contributed by atoms with van der Waals surface area (Å²) in [6.07, 6.45) is 0. The lowest BCUT2D eigenvalue weighted by atomic mass is 10.3. The van der Waals surface area contributed by atoms with E-state index in [1.807, 2.05) is 12.1 Å². The predicted octanol–water partition coefficient (Wildman–Crippen LogP) is 1.41. The van der Waals surface area contributed by atoms with Crippen molar-refractivity contribution in [1.82, 2.24) is 4.37 Å². The fourth-order valence-corrected chi connectivity index (χ4v) is 2.55. The third kappa shape index (κ3) is 2.62. The van der Waals surface area contributed by atoms with Crippen molar-refractivity contribution in [3.8, 4) is 5.88 Å². The summed E-state index contributed by atoms with van der Waals surface area (Å²) < 4.78 is 43.1. The lowest BCUT2D eigenvalue weighted by molar-refractivity contribution is 0.428. The average molecular weight is 279 g/mol. The molecule has 1 aromatic heterocycles. The van der Waals surface area contributed by atoms with Crippen LogP contribution in [0.2, 0.25) is 0 Å². The molecule has 0 saturated heterocycles. The SMILES string of the molecule is O=S(O)OS(=O)Oc1nsc2ccccc12. The Morgan fingerprint density at radius 2 is 2.06 bits per heavy atom. The molecule has 9 heteroatoms. The Morgan fingerprint density at radius 3 is 2.81 bits per heavy atom. The van der Waals surface area contributed by atoms with Gasteiger partial charge in [-0.15, -0.1) is 3.63 Å². The summed E-state index contributed by atoms with van der Waals surface area (Å²) in [6, 6.07) is 7.17. The van der Waals surface area contributed by atoms with Crippen LogP contribution in [-0.4, -0.2) is 17.3 Å². The van der Waals surface area contributed by atoms with E-state index < -0.39 is 22.7 Å². The van der Waals surface area contributed by atoms with E-state index in [0.29, 0.717) is 5.39 Å². The predicted molar refractivity (Wildman–Crippen MR) is 60.2 cm³/mol. The molecule has 86 valence electrons. The Kier molecular flexibility index (Phi) is 3.61. The maximum absolute atomic E-state index is 11.0. The highest BCUT2D eigenvalue weighted by Crippen LogP contribution is 2.28. The van der Waals surface area contributed by atoms with Gasteiger partial charge in [-0.05, 0) is 23.7 Å². The molecule has 0 bridgehead atoms. The Bertz CT molecular complexity index is 554. The van der Waals surface area contributed by atoms with Gasteiger partial charge in [0.2, 0.25) is 0 Å². The molecule has 1 heterocycles. The maximum atomic E-state index is 11.0. The first-order valence-electron chi connectivity index (χ1n) is 3.91. The van der Waals surface area contributed by atoms with Crippen molar-refractivity contribution in [2.45, 2.75) is 0 Å². The number of aromatic nitrogens is 1. The van der Waals surface area contributed by atoms with Crippen LogP contribution in [0.25, 0.3) is 10.1 Å². The van der Waals surface area contributed by atoms with Crippen LogP contribution in [0.5, 0.6) is 5.88 Å². The van der Waals surface area contributed by atoms with Gasteiger partial charge in [0.25, 0.3) is 5.88 Å². The molecule has 0 fully saturated rings. The molecule has 2 unspecified atom stereocenters. The first kappa shape index (κ1) is 11.6. The lowest BCUT2D eigenvalue weighted by Crippen LogP contribution is -2.06. The molecule has 2 rings (SSSR count). The minimum absolute atomic E-state index is 0.115. The van der Waals surface area contributed by atoms with Gasteiger partial charge >= 0.3 is 22.7 Å². The Morgan fingerprint density at radius 1 is 1.31 bits per heavy atom. The number of hydrogen-bond donors (Lipinski definition) is 1. The highest BCUT2D eigenvalue weighted by atomic mass is 32.3. The van der Waals surface area contributed by atoms with Gasteiger partial charge in [-0.25, -0.2) is 0 Å². The van der Waals surface area contributed by atoms with E-state index in [9.17, 15) is 8.42 Å². The molecule has 2 atom stereocenters. The van der Waals surface area contributed by atoms with E-state index in [4.69, 9.17) is 8.74 Å². The first-order valence-corrected chi connectivity index (χ1v) is 6.71. The normalized spacial score (nSPS) is 14.8. The van der Waals surface area contributed by atoms with Gasteiger partial charge in [0.05, 0.1) is 10.1 Å². The molecule has 16 heavy (non-hydrogen) atoms. The fraction of sp³-hybridized carbons (Fsp3) is 0. The van der Waals surface area contributed by atoms with Crippen LogP contribution in [0, 0.1) is 0 Å². The van der Waals surface area contributed by atoms with Crippen LogP contribution >= 0.6 is 11.5 Å². The molecular formula is C7H5NO5S3. The van der Waals surface area contributed by atoms with E-state index in [2.05, 4.69) is 8.00 Å². The number of hydrogen-bond acceptors (Lipinski definition) is 6. The number of nitrogens with zero attached hydrogens (tertiary/aromatic N) is 1. The molecule has 0 aliphatic carbocycles. The van der Waals surface area contributed by atoms with E-state index in [1.54, 1.807) is 12.1 Å². The van der Waals surface area contributed by atoms with Gasteiger partial charge in [-0.1, -0.05) is 12.1 Å². The standard InChI is InChI=1S/C7H5NO5S3/c9-15(10)13-16(11)12-7-5-3-1-2-4-6(5)14-8-7/h1-4H,(H,9,10). The van der Waals surface area contributed by atoms with Gasteiger partial charge in [0.15, 0.2) is 0 Å². The monoisotopic (exact) mass is 279 g/mol. The first-order chi connectivity index (χ1) is 7.66. The van der Waals surface area contributed by atoms with Crippen molar-refractivity contribution < 1.29 is 20.8 Å². The zero-order valence-electron chi connectivity index (χ0n) is 7.56. The molecule has 0 aliphatic heterocycles. The van der Waals surface area contributed by atoms with Gasteiger partial charge in [-0.2, -0.15) is 12.8 Å². The fourth-order valence-electron chi connectivity index (χ4n) is 1.05. The second-order valence-electron chi connectivity index (χ2n) is 2.56. The Hall–Kier alpha value is -0.870. The second kappa shape index (κ2) is 4.97. The van der Waals surface area contributed by atoms with Crippen molar-refractivity contribution in [2.75, 3.05) is 0 Å². The van der Waals surface area contributed by atoms with E-state index in [1.165, 1.54) is 11.5 Å². The minimum Gasteiger partial charge on any atom is -0.357 e. The summed E-state index contributed by atoms with van der Waals surface area (Å²) >= 11 is -3.81. The molecule has 6 nitrogen and oxygen atoms in total. The molecule has 0 saturated carbocycles. The van der Waals surface area contributed by atoms with Crippen molar-refractivity contribution in [3.63, 3.8) is 0 Å². The largest absolute Gasteiger partial charge is 0.377 e. The third-order valence-electron chi connectivity index (χ3n) is 1.61. The summed E-state index contributed by atoms with van der Waals surface area (Å²) in [6.45, 7) is 0. The number of fused-ring (bicyclic) bond motifs is 1. The highest BCUT2D eigenvalue weighted by Gasteiger charge is 2.13. The van der Waals surface area contributed by atoms with Crippen LogP contribution in [0.15, 0.2) is 24.3 Å². The van der Waals surface area contributed by atoms with E-state index in [0.717, 1.165) is 4.70 Å². The molecular weight excluding hydrogens is 274 g/mol. The van der Waals surface area contributed by atoms with Crippen LogP contribution in [0.1, 0.15) is 0 Å². The molecule has 1 N–H and O–H groups in total. The van der Waals surface area contributed by atoms with Crippen LogP contribution < -0.4 is 4.18 Å². The highest BCUT2D eigenvalue weighted by molar-refractivity contribution is 7.88. The Labute approximate surface area is 99.7 Å². The summed E-state index contributed by atoms with van der Waals surface area (Å²) in [5, 5.41) is 0.674. The summed E-state index contributed by atoms with van der Waals surface area (Å²) in [4.78, 5) is 0. The summed E-state index contributed by atoms with van der Waals surface area (Å²) in [5.41, 5.74) is 0.